The lowest BCUT2D eigenvalue weighted by atomic mass is 10.1. The molecule has 0 spiro atoms. The Morgan fingerprint density at radius 2 is 2.00 bits per heavy atom. The molecule has 5 heteroatoms. The van der Waals surface area contributed by atoms with E-state index < -0.39 is 0 Å². The van der Waals surface area contributed by atoms with Crippen molar-refractivity contribution in [3.8, 4) is 0 Å². The van der Waals surface area contributed by atoms with Crippen molar-refractivity contribution in [2.45, 2.75) is 26.3 Å². The Balaban J connectivity index is 4.34. The Kier molecular flexibility index (Phi) is 3.28. The third-order valence-electron chi connectivity index (χ3n) is 1.29. The van der Waals surface area contributed by atoms with Gasteiger partial charge in [0.1, 0.15) is 6.61 Å². The van der Waals surface area contributed by atoms with E-state index in [1.54, 1.807) is 0 Å². The highest BCUT2D eigenvalue weighted by Crippen LogP contribution is 2.07. The van der Waals surface area contributed by atoms with Gasteiger partial charge in [0.25, 0.3) is 0 Å². The van der Waals surface area contributed by atoms with Crippen LogP contribution >= 0.6 is 0 Å². The summed E-state index contributed by atoms with van der Waals surface area (Å²) in [5.41, 5.74) is -0.277. The number of nitrogens with zero attached hydrogens (tertiary/aromatic N) is 2. The number of aliphatic hydroxyl groups excluding tert-OH is 1. The summed E-state index contributed by atoms with van der Waals surface area (Å²) in [6, 6.07) is 0. The van der Waals surface area contributed by atoms with Crippen LogP contribution in [0.2, 0.25) is 0 Å². The van der Waals surface area contributed by atoms with E-state index in [-0.39, 0.29) is 18.0 Å². The average Bonchev–Trinajstić information content (AvgIpc) is 1.88. The minimum Gasteiger partial charge on any atom is -0.388 e. The number of hydrazone groups is 1. The van der Waals surface area contributed by atoms with Crippen LogP contribution < -0.4 is 11.7 Å². The Morgan fingerprint density at radius 1 is 1.55 bits per heavy atom. The molecule has 0 saturated heterocycles. The zero-order valence-corrected chi connectivity index (χ0v) is 7.20. The van der Waals surface area contributed by atoms with Gasteiger partial charge >= 0.3 is 0 Å². The van der Waals surface area contributed by atoms with E-state index in [1.165, 1.54) is 5.01 Å². The number of nitrogens with two attached hydrogens (primary N) is 2. The third-order valence-corrected chi connectivity index (χ3v) is 1.29. The summed E-state index contributed by atoms with van der Waals surface area (Å²) < 4.78 is 0. The first kappa shape index (κ1) is 10.2. The van der Waals surface area contributed by atoms with Crippen molar-refractivity contribution in [3.63, 3.8) is 0 Å². The average molecular weight is 160 g/mol. The molecule has 0 unspecified atom stereocenters. The lowest BCUT2D eigenvalue weighted by Crippen LogP contribution is -2.52. The van der Waals surface area contributed by atoms with E-state index in [4.69, 9.17) is 16.8 Å². The van der Waals surface area contributed by atoms with Crippen molar-refractivity contribution in [1.29, 1.82) is 0 Å². The van der Waals surface area contributed by atoms with Crippen molar-refractivity contribution >= 4 is 5.84 Å². The van der Waals surface area contributed by atoms with Crippen molar-refractivity contribution in [2.75, 3.05) is 6.61 Å². The molecule has 0 fully saturated rings. The van der Waals surface area contributed by atoms with Crippen LogP contribution in [0.1, 0.15) is 20.8 Å². The van der Waals surface area contributed by atoms with Crippen molar-refractivity contribution < 1.29 is 5.11 Å². The van der Waals surface area contributed by atoms with E-state index in [0.717, 1.165) is 0 Å². The number of hydrogen-bond donors (Lipinski definition) is 3. The number of hydrazine groups is 1. The molecule has 0 aromatic rings. The van der Waals surface area contributed by atoms with E-state index in [2.05, 4.69) is 5.10 Å². The van der Waals surface area contributed by atoms with Gasteiger partial charge in [-0.1, -0.05) is 0 Å². The predicted octanol–water partition coefficient (Wildman–Crippen LogP) is -0.775. The first-order valence-corrected chi connectivity index (χ1v) is 3.36. The summed E-state index contributed by atoms with van der Waals surface area (Å²) in [4.78, 5) is 0. The molecule has 5 nitrogen and oxygen atoms in total. The summed E-state index contributed by atoms with van der Waals surface area (Å²) in [6.07, 6.45) is 0. The van der Waals surface area contributed by atoms with Crippen molar-refractivity contribution in [2.24, 2.45) is 16.8 Å². The molecule has 0 heterocycles. The molecule has 11 heavy (non-hydrogen) atoms. The smallest absolute Gasteiger partial charge is 0.164 e. The molecule has 66 valence electrons. The highest BCUT2D eigenvalue weighted by molar-refractivity contribution is 5.83. The molecule has 0 aliphatic carbocycles. The van der Waals surface area contributed by atoms with Crippen LogP contribution in [0.25, 0.3) is 0 Å². The number of amidine groups is 1. The van der Waals surface area contributed by atoms with Gasteiger partial charge in [-0.05, 0) is 20.8 Å². The third kappa shape index (κ3) is 2.73. The summed E-state index contributed by atoms with van der Waals surface area (Å²) in [5, 5.41) is 13.4. The molecule has 0 aromatic carbocycles. The molecule has 0 aliphatic rings. The van der Waals surface area contributed by atoms with Gasteiger partial charge in [-0.15, -0.1) is 0 Å². The zero-order chi connectivity index (χ0) is 9.07. The molecule has 0 radical (unpaired) electrons. The van der Waals surface area contributed by atoms with Crippen LogP contribution in [0.4, 0.5) is 0 Å². The topological polar surface area (TPSA) is 87.9 Å². The van der Waals surface area contributed by atoms with Gasteiger partial charge in [0.05, 0.1) is 0 Å². The van der Waals surface area contributed by atoms with Gasteiger partial charge in [-0.25, -0.2) is 5.84 Å². The summed E-state index contributed by atoms with van der Waals surface area (Å²) in [6.45, 7) is 5.44. The minimum absolute atomic E-state index is 0.246. The van der Waals surface area contributed by atoms with E-state index in [1.807, 2.05) is 20.8 Å². The van der Waals surface area contributed by atoms with Crippen LogP contribution in [0.5, 0.6) is 0 Å². The van der Waals surface area contributed by atoms with Crippen LogP contribution in [-0.4, -0.2) is 28.1 Å². The molecule has 5 N–H and O–H groups in total. The molecular formula is C6H16N4O. The predicted molar refractivity (Wildman–Crippen MR) is 44.5 cm³/mol. The number of aliphatic hydroxyl groups is 1. The Morgan fingerprint density at radius 3 is 2.09 bits per heavy atom. The standard InChI is InChI=1S/C6H16N4O/c1-6(2,3)10(8)5(4-11)9-7/h11H,4,7-8H2,1-3H3/b9-5-. The molecular weight excluding hydrogens is 144 g/mol. The fraction of sp³-hybridized carbons (Fsp3) is 0.833. The fourth-order valence-corrected chi connectivity index (χ4v) is 0.566. The maximum atomic E-state index is 8.73. The van der Waals surface area contributed by atoms with E-state index in [0.29, 0.717) is 0 Å². The fourth-order valence-electron chi connectivity index (χ4n) is 0.566. The van der Waals surface area contributed by atoms with Gasteiger partial charge in [-0.2, -0.15) is 5.10 Å². The van der Waals surface area contributed by atoms with Gasteiger partial charge in [0.2, 0.25) is 0 Å². The van der Waals surface area contributed by atoms with Crippen molar-refractivity contribution in [1.82, 2.24) is 5.01 Å². The Hall–Kier alpha value is -0.810. The normalized spacial score (nSPS) is 13.4. The van der Waals surface area contributed by atoms with E-state index in [9.17, 15) is 0 Å². The largest absolute Gasteiger partial charge is 0.388 e. The Labute approximate surface area is 66.6 Å². The highest BCUT2D eigenvalue weighted by atomic mass is 16.3. The van der Waals surface area contributed by atoms with Crippen LogP contribution in [0.15, 0.2) is 5.10 Å². The molecule has 0 amide bonds. The summed E-state index contributed by atoms with van der Waals surface area (Å²) in [5.74, 6) is 10.8. The maximum absolute atomic E-state index is 8.73. The van der Waals surface area contributed by atoms with Crippen LogP contribution in [-0.2, 0) is 0 Å². The molecule has 0 aliphatic heterocycles. The summed E-state index contributed by atoms with van der Waals surface area (Å²) in [7, 11) is 0. The Bertz CT molecular complexity index is 149. The maximum Gasteiger partial charge on any atom is 0.164 e. The second kappa shape index (κ2) is 3.54. The highest BCUT2D eigenvalue weighted by Gasteiger charge is 2.20. The molecule has 0 bridgehead atoms. The molecule has 0 saturated carbocycles. The van der Waals surface area contributed by atoms with Gasteiger partial charge < -0.3 is 10.9 Å². The molecule has 0 rings (SSSR count). The summed E-state index contributed by atoms with van der Waals surface area (Å²) >= 11 is 0. The zero-order valence-electron chi connectivity index (χ0n) is 7.20. The number of hydrogen-bond acceptors (Lipinski definition) is 4. The van der Waals surface area contributed by atoms with E-state index >= 15 is 0 Å². The van der Waals surface area contributed by atoms with Crippen LogP contribution in [0, 0.1) is 0 Å². The SMILES string of the molecule is CC(C)(C)N(N)/C(CO)=N\N. The second-order valence-electron chi connectivity index (χ2n) is 3.24. The minimum atomic E-state index is -0.277. The lowest BCUT2D eigenvalue weighted by Gasteiger charge is -2.32. The molecule has 0 aromatic heterocycles. The van der Waals surface area contributed by atoms with Crippen molar-refractivity contribution in [3.05, 3.63) is 0 Å². The van der Waals surface area contributed by atoms with Crippen LogP contribution in [0.3, 0.4) is 0 Å². The first-order chi connectivity index (χ1) is 4.93. The van der Waals surface area contributed by atoms with Gasteiger partial charge in [-0.3, -0.25) is 5.01 Å². The second-order valence-corrected chi connectivity index (χ2v) is 3.24. The quantitative estimate of drug-likeness (QED) is 0.203. The molecule has 0 atom stereocenters. The monoisotopic (exact) mass is 160 g/mol. The first-order valence-electron chi connectivity index (χ1n) is 3.36. The van der Waals surface area contributed by atoms with Gasteiger partial charge in [0, 0.05) is 5.54 Å². The lowest BCUT2D eigenvalue weighted by molar-refractivity contribution is 0.220. The number of rotatable bonds is 1. The van der Waals surface area contributed by atoms with Gasteiger partial charge in [0.15, 0.2) is 5.84 Å².